The van der Waals surface area contributed by atoms with Crippen molar-refractivity contribution in [2.24, 2.45) is 5.14 Å². The molecule has 0 spiro atoms. The van der Waals surface area contributed by atoms with Crippen LogP contribution in [0.1, 0.15) is 24.1 Å². The molecule has 3 aromatic carbocycles. The molecule has 0 unspecified atom stereocenters. The maximum Gasteiger partial charge on any atom is 0.317 e. The van der Waals surface area contributed by atoms with Gasteiger partial charge in [-0.2, -0.15) is 0 Å². The van der Waals surface area contributed by atoms with E-state index in [0.717, 1.165) is 21.9 Å². The largest absolute Gasteiger partial charge is 0.331 e. The van der Waals surface area contributed by atoms with Crippen molar-refractivity contribution in [2.75, 3.05) is 7.05 Å². The number of rotatable bonds is 5. The molecular weight excluding hydrogens is 374 g/mol. The Bertz CT molecular complexity index is 1100. The lowest BCUT2D eigenvalue weighted by Gasteiger charge is -2.22. The van der Waals surface area contributed by atoms with Gasteiger partial charge in [-0.05, 0) is 47.0 Å². The van der Waals surface area contributed by atoms with Crippen molar-refractivity contribution >= 4 is 26.8 Å². The highest BCUT2D eigenvalue weighted by atomic mass is 32.2. The average Bonchev–Trinajstić information content (AvgIpc) is 2.67. The topological polar surface area (TPSA) is 92.5 Å². The molecule has 0 bridgehead atoms. The highest BCUT2D eigenvalue weighted by Gasteiger charge is 2.15. The zero-order valence-corrected chi connectivity index (χ0v) is 16.6. The van der Waals surface area contributed by atoms with Crippen LogP contribution in [0.5, 0.6) is 0 Å². The summed E-state index contributed by atoms with van der Waals surface area (Å²) in [6, 6.07) is 19.9. The van der Waals surface area contributed by atoms with Crippen LogP contribution < -0.4 is 10.5 Å². The van der Waals surface area contributed by atoms with Gasteiger partial charge < -0.3 is 10.2 Å². The normalized spacial score (nSPS) is 12.5. The minimum absolute atomic E-state index is 0.0446. The summed E-state index contributed by atoms with van der Waals surface area (Å²) in [5.74, 6) is 0. The Kier molecular flexibility index (Phi) is 5.67. The lowest BCUT2D eigenvalue weighted by Crippen LogP contribution is -2.38. The molecule has 3 N–H and O–H groups in total. The van der Waals surface area contributed by atoms with Crippen molar-refractivity contribution in [1.29, 1.82) is 0 Å². The van der Waals surface area contributed by atoms with Gasteiger partial charge in [-0.15, -0.1) is 0 Å². The van der Waals surface area contributed by atoms with E-state index in [0.29, 0.717) is 6.54 Å². The van der Waals surface area contributed by atoms with Crippen molar-refractivity contribution in [2.45, 2.75) is 24.4 Å². The molecule has 28 heavy (non-hydrogen) atoms. The predicted octanol–water partition coefficient (Wildman–Crippen LogP) is 3.39. The monoisotopic (exact) mass is 397 g/mol. The number of hydrogen-bond donors (Lipinski definition) is 2. The van der Waals surface area contributed by atoms with E-state index in [1.807, 2.05) is 37.3 Å². The number of amides is 2. The highest BCUT2D eigenvalue weighted by Crippen LogP contribution is 2.18. The number of nitrogens with two attached hydrogens (primary N) is 1. The Morgan fingerprint density at radius 3 is 2.32 bits per heavy atom. The van der Waals surface area contributed by atoms with Crippen molar-refractivity contribution in [3.63, 3.8) is 0 Å². The van der Waals surface area contributed by atoms with Gasteiger partial charge in [0.05, 0.1) is 10.9 Å². The molecule has 0 aliphatic rings. The molecule has 3 aromatic rings. The summed E-state index contributed by atoms with van der Waals surface area (Å²) in [4.78, 5) is 14.2. The van der Waals surface area contributed by atoms with Crippen LogP contribution in [-0.2, 0) is 16.6 Å². The van der Waals surface area contributed by atoms with Gasteiger partial charge in [0.15, 0.2) is 0 Å². The first-order valence-electron chi connectivity index (χ1n) is 8.86. The number of carbonyl (C=O) groups excluding carboxylic acids is 1. The number of sulfonamides is 1. The third-order valence-corrected chi connectivity index (χ3v) is 5.56. The van der Waals surface area contributed by atoms with E-state index in [2.05, 4.69) is 17.4 Å². The van der Waals surface area contributed by atoms with Crippen LogP contribution >= 0.6 is 0 Å². The molecule has 146 valence electrons. The Labute approximate surface area is 165 Å². The Morgan fingerprint density at radius 2 is 1.68 bits per heavy atom. The van der Waals surface area contributed by atoms with Crippen molar-refractivity contribution in [3.05, 3.63) is 77.9 Å². The molecule has 0 aliphatic carbocycles. The molecule has 7 heteroatoms. The first-order valence-corrected chi connectivity index (χ1v) is 10.4. The standard InChI is InChI=1S/C21H23N3O3S/c1-15(17-9-11-20(12-10-17)28(22,26)27)23-21(25)24(2)14-16-7-8-18-5-3-4-6-19(18)13-16/h3-13,15H,14H2,1-2H3,(H,23,25)(H2,22,26,27)/t15-/m0/s1. The smallest absolute Gasteiger partial charge is 0.317 e. The lowest BCUT2D eigenvalue weighted by molar-refractivity contribution is 0.203. The Morgan fingerprint density at radius 1 is 1.04 bits per heavy atom. The summed E-state index contributed by atoms with van der Waals surface area (Å²) in [6.45, 7) is 2.32. The zero-order valence-electron chi connectivity index (χ0n) is 15.8. The maximum atomic E-state index is 12.5. The maximum absolute atomic E-state index is 12.5. The molecule has 0 aromatic heterocycles. The molecule has 3 rings (SSSR count). The number of nitrogens with zero attached hydrogens (tertiary/aromatic N) is 1. The first kappa shape index (κ1) is 19.9. The van der Waals surface area contributed by atoms with Gasteiger partial charge in [-0.1, -0.05) is 48.5 Å². The number of hydrogen-bond acceptors (Lipinski definition) is 3. The SMILES string of the molecule is C[C@H](NC(=O)N(C)Cc1ccc2ccccc2c1)c1ccc(S(N)(=O)=O)cc1. The first-order chi connectivity index (χ1) is 13.2. The van der Waals surface area contributed by atoms with E-state index < -0.39 is 10.0 Å². The molecule has 0 radical (unpaired) electrons. The van der Waals surface area contributed by atoms with Crippen LogP contribution in [-0.4, -0.2) is 26.4 Å². The highest BCUT2D eigenvalue weighted by molar-refractivity contribution is 7.89. The molecule has 0 fully saturated rings. The molecule has 2 amide bonds. The van der Waals surface area contributed by atoms with E-state index in [1.165, 1.54) is 12.1 Å². The molecule has 0 saturated heterocycles. The fourth-order valence-electron chi connectivity index (χ4n) is 3.01. The summed E-state index contributed by atoms with van der Waals surface area (Å²) in [7, 11) is -1.99. The van der Waals surface area contributed by atoms with Crippen LogP contribution in [0.15, 0.2) is 71.6 Å². The number of urea groups is 1. The summed E-state index contributed by atoms with van der Waals surface area (Å²) in [5.41, 5.74) is 1.83. The molecule has 0 saturated carbocycles. The average molecular weight is 398 g/mol. The van der Waals surface area contributed by atoms with Crippen molar-refractivity contribution in [1.82, 2.24) is 10.2 Å². The van der Waals surface area contributed by atoms with Crippen molar-refractivity contribution in [3.8, 4) is 0 Å². The minimum atomic E-state index is -3.73. The van der Waals surface area contributed by atoms with Crippen LogP contribution in [0.3, 0.4) is 0 Å². The quantitative estimate of drug-likeness (QED) is 0.691. The van der Waals surface area contributed by atoms with E-state index in [-0.39, 0.29) is 17.0 Å². The minimum Gasteiger partial charge on any atom is -0.331 e. The summed E-state index contributed by atoms with van der Waals surface area (Å²) >= 11 is 0. The van der Waals surface area contributed by atoms with E-state index in [9.17, 15) is 13.2 Å². The molecule has 1 atom stereocenters. The zero-order chi connectivity index (χ0) is 20.3. The Balaban J connectivity index is 1.64. The molecule has 0 aliphatic heterocycles. The third-order valence-electron chi connectivity index (χ3n) is 4.63. The second kappa shape index (κ2) is 8.00. The number of carbonyl (C=O) groups is 1. The van der Waals surface area contributed by atoms with E-state index in [4.69, 9.17) is 5.14 Å². The number of nitrogens with one attached hydrogen (secondary N) is 1. The van der Waals surface area contributed by atoms with Gasteiger partial charge in [-0.3, -0.25) is 0 Å². The predicted molar refractivity (Wildman–Crippen MR) is 110 cm³/mol. The second-order valence-electron chi connectivity index (χ2n) is 6.82. The van der Waals surface area contributed by atoms with Crippen LogP contribution in [0.4, 0.5) is 4.79 Å². The van der Waals surface area contributed by atoms with Crippen LogP contribution in [0.25, 0.3) is 10.8 Å². The van der Waals surface area contributed by atoms with Gasteiger partial charge in [0.2, 0.25) is 10.0 Å². The van der Waals surface area contributed by atoms with Gasteiger partial charge in [-0.25, -0.2) is 18.4 Å². The summed E-state index contributed by atoms with van der Waals surface area (Å²) in [6.07, 6.45) is 0. The summed E-state index contributed by atoms with van der Waals surface area (Å²) in [5, 5.41) is 10.3. The second-order valence-corrected chi connectivity index (χ2v) is 8.38. The number of primary sulfonamides is 1. The van der Waals surface area contributed by atoms with E-state index >= 15 is 0 Å². The van der Waals surface area contributed by atoms with E-state index in [1.54, 1.807) is 24.1 Å². The number of fused-ring (bicyclic) bond motifs is 1. The fraction of sp³-hybridized carbons (Fsp3) is 0.190. The van der Waals surface area contributed by atoms with Gasteiger partial charge in [0.1, 0.15) is 0 Å². The van der Waals surface area contributed by atoms with Gasteiger partial charge in [0.25, 0.3) is 0 Å². The van der Waals surface area contributed by atoms with Gasteiger partial charge >= 0.3 is 6.03 Å². The molecule has 6 nitrogen and oxygen atoms in total. The van der Waals surface area contributed by atoms with Crippen LogP contribution in [0.2, 0.25) is 0 Å². The lowest BCUT2D eigenvalue weighted by atomic mass is 10.1. The number of benzene rings is 3. The Hall–Kier alpha value is -2.90. The third kappa shape index (κ3) is 4.68. The van der Waals surface area contributed by atoms with Crippen molar-refractivity contribution < 1.29 is 13.2 Å². The van der Waals surface area contributed by atoms with Gasteiger partial charge in [0, 0.05) is 13.6 Å². The van der Waals surface area contributed by atoms with Crippen LogP contribution in [0, 0.1) is 0 Å². The molecular formula is C21H23N3O3S. The fourth-order valence-corrected chi connectivity index (χ4v) is 3.52. The summed E-state index contributed by atoms with van der Waals surface area (Å²) < 4.78 is 22.7. The molecule has 0 heterocycles.